The Morgan fingerprint density at radius 3 is 2.70 bits per heavy atom. The highest BCUT2D eigenvalue weighted by Gasteiger charge is 2.30. The number of hydrogen-bond acceptors (Lipinski definition) is 7. The van der Waals surface area contributed by atoms with Gasteiger partial charge in [0, 0.05) is 12.1 Å². The van der Waals surface area contributed by atoms with Crippen molar-refractivity contribution in [3.63, 3.8) is 0 Å². The first-order valence-electron chi connectivity index (χ1n) is 7.85. The monoisotopic (exact) mass is 392 g/mol. The van der Waals surface area contributed by atoms with E-state index in [0.29, 0.717) is 17.9 Å². The molecule has 142 valence electrons. The van der Waals surface area contributed by atoms with Gasteiger partial charge in [0.2, 0.25) is 5.91 Å². The van der Waals surface area contributed by atoms with Crippen LogP contribution in [0.3, 0.4) is 0 Å². The number of rotatable bonds is 8. The molecule has 10 nitrogen and oxygen atoms in total. The number of carboxylic acid groups (broad SMARTS) is 1. The summed E-state index contributed by atoms with van der Waals surface area (Å²) in [6, 6.07) is 5.73. The molecule has 11 heteroatoms. The van der Waals surface area contributed by atoms with E-state index in [0.717, 1.165) is 12.6 Å². The number of amides is 2. The molecule has 0 aliphatic carbocycles. The molecule has 0 bridgehead atoms. The molecule has 2 rings (SSSR count). The van der Waals surface area contributed by atoms with E-state index in [2.05, 4.69) is 15.6 Å². The first kappa shape index (κ1) is 20.0. The summed E-state index contributed by atoms with van der Waals surface area (Å²) >= 11 is 0.612. The zero-order chi connectivity index (χ0) is 20.0. The minimum Gasteiger partial charge on any atom is -0.480 e. The molecule has 1 atom stereocenters. The van der Waals surface area contributed by atoms with Gasteiger partial charge in [0.05, 0.1) is 4.92 Å². The van der Waals surface area contributed by atoms with Gasteiger partial charge in [-0.3, -0.25) is 24.5 Å². The van der Waals surface area contributed by atoms with Crippen LogP contribution in [0.25, 0.3) is 0 Å². The van der Waals surface area contributed by atoms with Crippen LogP contribution in [0.4, 0.5) is 10.1 Å². The number of anilines is 1. The first-order chi connectivity index (χ1) is 12.8. The number of hydrogen-bond donors (Lipinski definition) is 3. The van der Waals surface area contributed by atoms with Gasteiger partial charge < -0.3 is 15.7 Å². The Bertz CT molecular complexity index is 881. The quantitative estimate of drug-likeness (QED) is 0.353. The summed E-state index contributed by atoms with van der Waals surface area (Å²) in [6.07, 6.45) is 1.71. The Balaban J connectivity index is 2.23. The molecule has 3 N–H and O–H groups in total. The summed E-state index contributed by atoms with van der Waals surface area (Å²) in [4.78, 5) is 49.7. The lowest BCUT2D eigenvalue weighted by molar-refractivity contribution is -0.380. The molecule has 0 radical (unpaired) electrons. The zero-order valence-electron chi connectivity index (χ0n) is 14.2. The number of nitro groups is 1. The number of nitrogens with one attached hydrogen (secondary N) is 2. The van der Waals surface area contributed by atoms with E-state index in [-0.39, 0.29) is 27.2 Å². The minimum absolute atomic E-state index is 0.0882. The largest absolute Gasteiger partial charge is 0.480 e. The lowest BCUT2D eigenvalue weighted by Crippen LogP contribution is -2.28. The van der Waals surface area contributed by atoms with Gasteiger partial charge in [-0.2, -0.15) is 0 Å². The van der Waals surface area contributed by atoms with Gasteiger partial charge in [-0.1, -0.05) is 19.1 Å². The summed E-state index contributed by atoms with van der Waals surface area (Å²) in [7, 11) is 0. The molecular formula is C16H16N4O6S. The molecular weight excluding hydrogens is 376 g/mol. The molecule has 0 aliphatic heterocycles. The summed E-state index contributed by atoms with van der Waals surface area (Å²) in [5, 5.41) is 24.7. The second-order valence-electron chi connectivity index (χ2n) is 5.40. The molecule has 1 heterocycles. The molecule has 27 heavy (non-hydrogen) atoms. The van der Waals surface area contributed by atoms with Crippen LogP contribution >= 0.6 is 11.3 Å². The maximum Gasteiger partial charge on any atom is 0.345 e. The van der Waals surface area contributed by atoms with Gasteiger partial charge in [-0.25, -0.2) is 4.98 Å². The number of nitrogens with zero attached hydrogens (tertiary/aromatic N) is 2. The third kappa shape index (κ3) is 5.07. The van der Waals surface area contributed by atoms with Crippen molar-refractivity contribution in [2.45, 2.75) is 19.3 Å². The van der Waals surface area contributed by atoms with Crippen LogP contribution in [0.2, 0.25) is 0 Å². The van der Waals surface area contributed by atoms with Crippen molar-refractivity contribution in [1.29, 1.82) is 0 Å². The summed E-state index contributed by atoms with van der Waals surface area (Å²) in [6.45, 7) is 2.36. The predicted molar refractivity (Wildman–Crippen MR) is 96.8 cm³/mol. The molecule has 2 amide bonds. The van der Waals surface area contributed by atoms with Crippen LogP contribution in [0.1, 0.15) is 35.2 Å². The first-order valence-corrected chi connectivity index (χ1v) is 8.67. The predicted octanol–water partition coefficient (Wildman–Crippen LogP) is 2.00. The van der Waals surface area contributed by atoms with E-state index in [4.69, 9.17) is 0 Å². The third-order valence-corrected chi connectivity index (χ3v) is 4.29. The van der Waals surface area contributed by atoms with E-state index in [9.17, 15) is 29.6 Å². The number of aromatic nitrogens is 1. The summed E-state index contributed by atoms with van der Waals surface area (Å²) in [5.41, 5.74) is 0.333. The summed E-state index contributed by atoms with van der Waals surface area (Å²) in [5.74, 6) is -4.33. The fraction of sp³-hybridized carbons (Fsp3) is 0.250. The van der Waals surface area contributed by atoms with Crippen LogP contribution in [0, 0.1) is 10.1 Å². The van der Waals surface area contributed by atoms with E-state index in [1.54, 1.807) is 0 Å². The highest BCUT2D eigenvalue weighted by atomic mass is 32.1. The Morgan fingerprint density at radius 2 is 2.11 bits per heavy atom. The van der Waals surface area contributed by atoms with Gasteiger partial charge in [-0.05, 0) is 35.5 Å². The van der Waals surface area contributed by atoms with E-state index >= 15 is 0 Å². The second-order valence-corrected chi connectivity index (χ2v) is 6.41. The Hall–Kier alpha value is -3.34. The molecule has 0 spiro atoms. The molecule has 1 aromatic heterocycles. The number of benzene rings is 1. The standard InChI is InChI=1S/C16H16N4O6S/c1-2-6-17-13(21)10-5-3-4-9(7-10)12(15(23)24)14(22)19-16-18-8-11(27-16)20(25)26/h3-5,7-8,12H,2,6H2,1H3,(H,17,21)(H,23,24)(H,18,19,22). The molecule has 0 aliphatic rings. The number of aliphatic carboxylic acids is 1. The average Bonchev–Trinajstić information content (AvgIpc) is 3.08. The normalized spacial score (nSPS) is 11.4. The van der Waals surface area contributed by atoms with Crippen molar-refractivity contribution < 1.29 is 24.4 Å². The average molecular weight is 392 g/mol. The highest BCUT2D eigenvalue weighted by molar-refractivity contribution is 7.18. The molecule has 2 aromatic rings. The Kier molecular flexibility index (Phi) is 6.55. The lowest BCUT2D eigenvalue weighted by Gasteiger charge is -2.13. The Labute approximate surface area is 157 Å². The zero-order valence-corrected chi connectivity index (χ0v) is 15.0. The number of thiazole rings is 1. The van der Waals surface area contributed by atoms with E-state index < -0.39 is 22.7 Å². The van der Waals surface area contributed by atoms with Crippen molar-refractivity contribution in [2.24, 2.45) is 0 Å². The molecule has 1 aromatic carbocycles. The van der Waals surface area contributed by atoms with Crippen molar-refractivity contribution in [1.82, 2.24) is 10.3 Å². The minimum atomic E-state index is -1.60. The molecule has 0 fully saturated rings. The van der Waals surface area contributed by atoms with Gasteiger partial charge >= 0.3 is 11.0 Å². The molecule has 0 saturated carbocycles. The maximum absolute atomic E-state index is 12.4. The maximum atomic E-state index is 12.4. The second kappa shape index (κ2) is 8.85. The topological polar surface area (TPSA) is 152 Å². The van der Waals surface area contributed by atoms with Gasteiger partial charge in [0.25, 0.3) is 5.91 Å². The lowest BCUT2D eigenvalue weighted by atomic mass is 9.96. The fourth-order valence-corrected chi connectivity index (χ4v) is 2.83. The van der Waals surface area contributed by atoms with E-state index in [1.165, 1.54) is 24.3 Å². The van der Waals surface area contributed by atoms with Crippen LogP contribution in [0.5, 0.6) is 0 Å². The number of carbonyl (C=O) groups is 3. The van der Waals surface area contributed by atoms with Crippen LogP contribution in [-0.2, 0) is 9.59 Å². The van der Waals surface area contributed by atoms with E-state index in [1.807, 2.05) is 6.92 Å². The van der Waals surface area contributed by atoms with Gasteiger partial charge in [-0.15, -0.1) is 0 Å². The fourth-order valence-electron chi connectivity index (χ4n) is 2.19. The third-order valence-electron chi connectivity index (χ3n) is 3.43. The highest BCUT2D eigenvalue weighted by Crippen LogP contribution is 2.27. The van der Waals surface area contributed by atoms with Gasteiger partial charge in [0.1, 0.15) is 6.20 Å². The smallest absolute Gasteiger partial charge is 0.345 e. The Morgan fingerprint density at radius 1 is 1.37 bits per heavy atom. The van der Waals surface area contributed by atoms with Crippen LogP contribution < -0.4 is 10.6 Å². The number of carboxylic acids is 1. The van der Waals surface area contributed by atoms with Crippen molar-refractivity contribution >= 4 is 39.3 Å². The van der Waals surface area contributed by atoms with Crippen molar-refractivity contribution in [2.75, 3.05) is 11.9 Å². The van der Waals surface area contributed by atoms with Crippen molar-refractivity contribution in [3.8, 4) is 0 Å². The van der Waals surface area contributed by atoms with Gasteiger partial charge in [0.15, 0.2) is 11.0 Å². The van der Waals surface area contributed by atoms with Crippen molar-refractivity contribution in [3.05, 3.63) is 51.7 Å². The molecule has 1 unspecified atom stereocenters. The van der Waals surface area contributed by atoms with Crippen LogP contribution in [-0.4, -0.2) is 39.3 Å². The summed E-state index contributed by atoms with van der Waals surface area (Å²) < 4.78 is 0. The van der Waals surface area contributed by atoms with Crippen LogP contribution in [0.15, 0.2) is 30.5 Å². The molecule has 0 saturated heterocycles. The number of carbonyl (C=O) groups excluding carboxylic acids is 2. The SMILES string of the molecule is CCCNC(=O)c1cccc(C(C(=O)O)C(=O)Nc2ncc([N+](=O)[O-])s2)c1.